The third kappa shape index (κ3) is 2.70. The van der Waals surface area contributed by atoms with Crippen LogP contribution in [-0.2, 0) is 5.75 Å². The maximum absolute atomic E-state index is 9.87. The highest BCUT2D eigenvalue weighted by Gasteiger charge is 2.17. The third-order valence-corrected chi connectivity index (χ3v) is 5.13. The summed E-state index contributed by atoms with van der Waals surface area (Å²) in [4.78, 5) is 17.4. The normalized spacial score (nSPS) is 12.8. The Labute approximate surface area is 154 Å². The molecule has 0 saturated carbocycles. The van der Waals surface area contributed by atoms with E-state index in [0.29, 0.717) is 44.5 Å². The Morgan fingerprint density at radius 1 is 1.15 bits per heavy atom. The van der Waals surface area contributed by atoms with E-state index >= 15 is 0 Å². The molecule has 0 spiro atoms. The summed E-state index contributed by atoms with van der Waals surface area (Å²) in [5.74, 6) is 2.48. The van der Waals surface area contributed by atoms with Gasteiger partial charge in [-0.05, 0) is 18.2 Å². The first-order chi connectivity index (χ1) is 12.8. The molecule has 3 aromatic heterocycles. The van der Waals surface area contributed by atoms with E-state index in [9.17, 15) is 5.11 Å². The summed E-state index contributed by atoms with van der Waals surface area (Å²) in [5.41, 5.74) is 2.79. The van der Waals surface area contributed by atoms with Crippen LogP contribution in [0.5, 0.6) is 17.4 Å². The van der Waals surface area contributed by atoms with Crippen molar-refractivity contribution in [3.8, 4) is 28.8 Å². The lowest BCUT2D eigenvalue weighted by atomic mass is 10.2. The first-order valence-electron chi connectivity index (χ1n) is 7.42. The summed E-state index contributed by atoms with van der Waals surface area (Å²) < 4.78 is 15.9. The van der Waals surface area contributed by atoms with Gasteiger partial charge in [-0.15, -0.1) is 11.3 Å². The van der Waals surface area contributed by atoms with Gasteiger partial charge >= 0.3 is 0 Å². The van der Waals surface area contributed by atoms with Gasteiger partial charge in [0, 0.05) is 5.56 Å². The van der Waals surface area contributed by atoms with E-state index in [-0.39, 0.29) is 12.7 Å². The summed E-state index contributed by atoms with van der Waals surface area (Å²) in [6, 6.07) is 5.46. The number of thiazole rings is 1. The molecule has 0 unspecified atom stereocenters. The molecule has 0 radical (unpaired) electrons. The molecule has 1 aliphatic rings. The maximum Gasteiger partial charge on any atom is 0.243 e. The van der Waals surface area contributed by atoms with Gasteiger partial charge in [-0.3, -0.25) is 0 Å². The van der Waals surface area contributed by atoms with Crippen molar-refractivity contribution < 1.29 is 19.1 Å². The fourth-order valence-electron chi connectivity index (χ4n) is 2.39. The first kappa shape index (κ1) is 15.3. The average molecular weight is 387 g/mol. The van der Waals surface area contributed by atoms with Crippen LogP contribution < -0.4 is 9.47 Å². The molecule has 130 valence electrons. The monoisotopic (exact) mass is 387 g/mol. The van der Waals surface area contributed by atoms with Gasteiger partial charge in [0.05, 0.1) is 11.3 Å². The molecule has 1 N–H and O–H groups in total. The molecule has 0 saturated heterocycles. The Morgan fingerprint density at radius 2 is 2.08 bits per heavy atom. The van der Waals surface area contributed by atoms with Crippen LogP contribution in [0.1, 0.15) is 5.89 Å². The van der Waals surface area contributed by atoms with Crippen molar-refractivity contribution >= 4 is 33.4 Å². The Hall–Kier alpha value is -2.92. The van der Waals surface area contributed by atoms with E-state index < -0.39 is 0 Å². The number of hydrogen-bond acceptors (Lipinski definition) is 11. The van der Waals surface area contributed by atoms with E-state index in [1.165, 1.54) is 23.1 Å². The molecule has 11 heteroatoms. The van der Waals surface area contributed by atoms with E-state index in [1.54, 1.807) is 5.51 Å². The number of thioether (sulfide) groups is 1. The number of nitrogens with zero attached hydrogens (tertiary/aromatic N) is 5. The number of rotatable bonds is 4. The van der Waals surface area contributed by atoms with Crippen LogP contribution in [0.2, 0.25) is 0 Å². The average Bonchev–Trinajstić information content (AvgIpc) is 3.38. The van der Waals surface area contributed by atoms with Gasteiger partial charge in [0.2, 0.25) is 24.4 Å². The zero-order chi connectivity index (χ0) is 17.5. The highest BCUT2D eigenvalue weighted by Crippen LogP contribution is 2.35. The van der Waals surface area contributed by atoms with Crippen molar-refractivity contribution in [3.05, 3.63) is 29.6 Å². The van der Waals surface area contributed by atoms with E-state index in [2.05, 4.69) is 25.1 Å². The molecule has 5 rings (SSSR count). The fourth-order valence-corrected chi connectivity index (χ4v) is 3.77. The zero-order valence-corrected chi connectivity index (χ0v) is 14.6. The van der Waals surface area contributed by atoms with Gasteiger partial charge < -0.3 is 19.1 Å². The summed E-state index contributed by atoms with van der Waals surface area (Å²) >= 11 is 2.63. The minimum Gasteiger partial charge on any atom is -0.492 e. The van der Waals surface area contributed by atoms with Crippen molar-refractivity contribution in [2.45, 2.75) is 10.9 Å². The lowest BCUT2D eigenvalue weighted by molar-refractivity contribution is 0.174. The second-order valence-corrected chi connectivity index (χ2v) is 6.98. The third-order valence-electron chi connectivity index (χ3n) is 3.58. The molecule has 1 aromatic carbocycles. The van der Waals surface area contributed by atoms with Gasteiger partial charge in [-0.2, -0.15) is 9.97 Å². The number of aromatic hydroxyl groups is 1. The fraction of sp³-hybridized carbons (Fsp3) is 0.133. The molecular formula is C15H9N5O4S2. The largest absolute Gasteiger partial charge is 0.492 e. The predicted octanol–water partition coefficient (Wildman–Crippen LogP) is 2.86. The number of ether oxygens (including phenoxy) is 2. The Balaban J connectivity index is 1.34. The molecule has 0 bridgehead atoms. The van der Waals surface area contributed by atoms with Crippen LogP contribution in [0.25, 0.3) is 21.7 Å². The molecular weight excluding hydrogens is 378 g/mol. The summed E-state index contributed by atoms with van der Waals surface area (Å²) in [5, 5.41) is 14.3. The van der Waals surface area contributed by atoms with Crippen LogP contribution in [-0.4, -0.2) is 37.0 Å². The Morgan fingerprint density at radius 3 is 3.04 bits per heavy atom. The quantitative estimate of drug-likeness (QED) is 0.414. The van der Waals surface area contributed by atoms with Crippen LogP contribution in [0.15, 0.2) is 33.4 Å². The van der Waals surface area contributed by atoms with E-state index in [0.717, 1.165) is 5.56 Å². The molecule has 26 heavy (non-hydrogen) atoms. The summed E-state index contributed by atoms with van der Waals surface area (Å²) in [7, 11) is 0. The van der Waals surface area contributed by atoms with Crippen LogP contribution in [0.4, 0.5) is 0 Å². The molecule has 0 aliphatic carbocycles. The summed E-state index contributed by atoms with van der Waals surface area (Å²) in [6.45, 7) is 0.212. The van der Waals surface area contributed by atoms with E-state index in [1.807, 2.05) is 18.2 Å². The second kappa shape index (κ2) is 6.11. The van der Waals surface area contributed by atoms with Gasteiger partial charge in [-0.25, -0.2) is 9.97 Å². The first-order valence-corrected chi connectivity index (χ1v) is 9.28. The SMILES string of the molecule is Oc1nc(SCc2nc(-c3ccc4c(c3)OCO4)no2)nc2scnc12. The van der Waals surface area contributed by atoms with Crippen LogP contribution in [0.3, 0.4) is 0 Å². The van der Waals surface area contributed by atoms with Crippen LogP contribution >= 0.6 is 23.1 Å². The minimum absolute atomic E-state index is 0.134. The lowest BCUT2D eigenvalue weighted by Gasteiger charge is -1.98. The molecule has 4 aromatic rings. The van der Waals surface area contributed by atoms with Crippen molar-refractivity contribution in [3.63, 3.8) is 0 Å². The minimum atomic E-state index is -0.134. The molecule has 0 atom stereocenters. The number of aromatic nitrogens is 5. The number of fused-ring (bicyclic) bond motifs is 2. The molecule has 1 aliphatic heterocycles. The second-order valence-electron chi connectivity index (χ2n) is 5.20. The summed E-state index contributed by atoms with van der Waals surface area (Å²) in [6.07, 6.45) is 0. The highest BCUT2D eigenvalue weighted by atomic mass is 32.2. The highest BCUT2D eigenvalue weighted by molar-refractivity contribution is 7.98. The maximum atomic E-state index is 9.87. The van der Waals surface area contributed by atoms with Gasteiger partial charge in [0.15, 0.2) is 27.0 Å². The molecule has 4 heterocycles. The number of benzene rings is 1. The standard InChI is InChI=1S/C15H9N5O4S2/c21-13-11-14(26-5-16-11)19-15(18-13)25-4-10-17-12(20-24-10)7-1-2-8-9(3-7)23-6-22-8/h1-3,5H,4,6H2,(H,18,19,21). The Bertz CT molecular complexity index is 1110. The van der Waals surface area contributed by atoms with Crippen molar-refractivity contribution in [1.82, 2.24) is 25.1 Å². The number of hydrogen-bond donors (Lipinski definition) is 1. The van der Waals surface area contributed by atoms with Crippen molar-refractivity contribution in [1.29, 1.82) is 0 Å². The topological polar surface area (TPSA) is 116 Å². The van der Waals surface area contributed by atoms with Gasteiger partial charge in [0.1, 0.15) is 0 Å². The zero-order valence-electron chi connectivity index (χ0n) is 12.9. The van der Waals surface area contributed by atoms with E-state index in [4.69, 9.17) is 14.0 Å². The lowest BCUT2D eigenvalue weighted by Crippen LogP contribution is -1.92. The van der Waals surface area contributed by atoms with Gasteiger partial charge in [-0.1, -0.05) is 16.9 Å². The Kier molecular flexibility index (Phi) is 3.60. The van der Waals surface area contributed by atoms with Crippen molar-refractivity contribution in [2.75, 3.05) is 6.79 Å². The predicted molar refractivity (Wildman–Crippen MR) is 92.3 cm³/mol. The van der Waals surface area contributed by atoms with Crippen molar-refractivity contribution in [2.24, 2.45) is 0 Å². The molecule has 9 nitrogen and oxygen atoms in total. The smallest absolute Gasteiger partial charge is 0.243 e. The molecule has 0 fully saturated rings. The molecule has 0 amide bonds. The van der Waals surface area contributed by atoms with Crippen LogP contribution in [0, 0.1) is 0 Å². The van der Waals surface area contributed by atoms with Gasteiger partial charge in [0.25, 0.3) is 0 Å².